The Morgan fingerprint density at radius 3 is 2.67 bits per heavy atom. The number of nitrogens with zero attached hydrogens (tertiary/aromatic N) is 1. The van der Waals surface area contributed by atoms with E-state index in [4.69, 9.17) is 4.74 Å². The third-order valence-electron chi connectivity index (χ3n) is 2.68. The molecule has 94 valence electrons. The second-order valence-electron chi connectivity index (χ2n) is 3.91. The van der Waals surface area contributed by atoms with Crippen LogP contribution in [-0.4, -0.2) is 29.1 Å². The molecule has 0 aliphatic heterocycles. The van der Waals surface area contributed by atoms with E-state index in [9.17, 15) is 4.79 Å². The third kappa shape index (κ3) is 2.75. The Kier molecular flexibility index (Phi) is 3.74. The van der Waals surface area contributed by atoms with Gasteiger partial charge in [0, 0.05) is 12.8 Å². The number of methoxy groups -OCH3 is 1. The van der Waals surface area contributed by atoms with Crippen LogP contribution in [0, 0.1) is 0 Å². The summed E-state index contributed by atoms with van der Waals surface area (Å²) in [7, 11) is 1.51. The molecule has 0 radical (unpaired) electrons. The number of amides is 1. The average molecular weight is 245 g/mol. The first-order valence-electron chi connectivity index (χ1n) is 5.63. The van der Waals surface area contributed by atoms with E-state index in [-0.39, 0.29) is 5.91 Å². The topological polar surface area (TPSA) is 67.0 Å². The summed E-state index contributed by atoms with van der Waals surface area (Å²) in [5, 5.41) is 2.78. The van der Waals surface area contributed by atoms with Crippen molar-refractivity contribution in [3.05, 3.63) is 36.8 Å². The van der Waals surface area contributed by atoms with Crippen LogP contribution >= 0.6 is 0 Å². The molecule has 1 atom stereocenters. The Hall–Kier alpha value is -2.14. The number of aromatic amines is 1. The highest BCUT2D eigenvalue weighted by atomic mass is 16.5. The fraction of sp³-hybridized carbons (Fsp3) is 0.231. The van der Waals surface area contributed by atoms with Crippen LogP contribution in [0.1, 0.15) is 6.92 Å². The Morgan fingerprint density at radius 1 is 1.39 bits per heavy atom. The van der Waals surface area contributed by atoms with E-state index < -0.39 is 6.10 Å². The Morgan fingerprint density at radius 2 is 2.11 bits per heavy atom. The van der Waals surface area contributed by atoms with Gasteiger partial charge in [-0.15, -0.1) is 0 Å². The third-order valence-corrected chi connectivity index (χ3v) is 2.68. The van der Waals surface area contributed by atoms with E-state index >= 15 is 0 Å². The fourth-order valence-electron chi connectivity index (χ4n) is 1.50. The second kappa shape index (κ2) is 5.46. The minimum Gasteiger partial charge on any atom is -0.372 e. The lowest BCUT2D eigenvalue weighted by Gasteiger charge is -2.10. The summed E-state index contributed by atoms with van der Waals surface area (Å²) < 4.78 is 4.94. The maximum Gasteiger partial charge on any atom is 0.253 e. The summed E-state index contributed by atoms with van der Waals surface area (Å²) in [4.78, 5) is 18.6. The van der Waals surface area contributed by atoms with Crippen LogP contribution in [0.3, 0.4) is 0 Å². The highest BCUT2D eigenvalue weighted by Gasteiger charge is 2.11. The van der Waals surface area contributed by atoms with Crippen LogP contribution in [0.5, 0.6) is 0 Å². The predicted molar refractivity (Wildman–Crippen MR) is 69.1 cm³/mol. The van der Waals surface area contributed by atoms with E-state index in [0.29, 0.717) is 0 Å². The van der Waals surface area contributed by atoms with Crippen LogP contribution in [-0.2, 0) is 9.53 Å². The molecule has 0 fully saturated rings. The largest absolute Gasteiger partial charge is 0.372 e. The highest BCUT2D eigenvalue weighted by molar-refractivity contribution is 5.94. The van der Waals surface area contributed by atoms with Crippen molar-refractivity contribution in [2.45, 2.75) is 13.0 Å². The van der Waals surface area contributed by atoms with Gasteiger partial charge in [0.2, 0.25) is 0 Å². The maximum absolute atomic E-state index is 11.6. The molecule has 1 aromatic heterocycles. The van der Waals surface area contributed by atoms with Gasteiger partial charge >= 0.3 is 0 Å². The van der Waals surface area contributed by atoms with E-state index in [1.165, 1.54) is 7.11 Å². The van der Waals surface area contributed by atoms with Gasteiger partial charge in [0.05, 0.1) is 18.2 Å². The minimum absolute atomic E-state index is 0.160. The summed E-state index contributed by atoms with van der Waals surface area (Å²) >= 11 is 0. The molecule has 1 aromatic carbocycles. The van der Waals surface area contributed by atoms with E-state index in [0.717, 1.165) is 16.9 Å². The van der Waals surface area contributed by atoms with Crippen molar-refractivity contribution in [3.63, 3.8) is 0 Å². The summed E-state index contributed by atoms with van der Waals surface area (Å²) in [6, 6.07) is 7.52. The number of carbonyl (C=O) groups is 1. The molecule has 2 N–H and O–H groups in total. The maximum atomic E-state index is 11.6. The SMILES string of the molecule is COC(C)C(=O)Nc1ccc(-c2cnc[nH]2)cc1. The van der Waals surface area contributed by atoms with Crippen LogP contribution in [0.15, 0.2) is 36.8 Å². The number of nitrogens with one attached hydrogen (secondary N) is 2. The number of carbonyl (C=O) groups excluding carboxylic acids is 1. The number of anilines is 1. The molecule has 0 aliphatic rings. The zero-order valence-corrected chi connectivity index (χ0v) is 10.3. The first-order valence-corrected chi connectivity index (χ1v) is 5.63. The minimum atomic E-state index is -0.461. The Bertz CT molecular complexity index is 506. The number of ether oxygens (including phenoxy) is 1. The molecule has 0 bridgehead atoms. The molecule has 1 amide bonds. The molecule has 2 aromatic rings. The van der Waals surface area contributed by atoms with Gasteiger partial charge in [0.15, 0.2) is 0 Å². The number of H-pyrrole nitrogens is 1. The van der Waals surface area contributed by atoms with Gasteiger partial charge in [-0.2, -0.15) is 0 Å². The van der Waals surface area contributed by atoms with Gasteiger partial charge in [0.1, 0.15) is 6.10 Å². The molecule has 0 saturated carbocycles. The number of benzene rings is 1. The molecule has 5 nitrogen and oxygen atoms in total. The van der Waals surface area contributed by atoms with E-state index in [1.807, 2.05) is 24.3 Å². The quantitative estimate of drug-likeness (QED) is 0.866. The van der Waals surface area contributed by atoms with Gasteiger partial charge in [-0.25, -0.2) is 4.98 Å². The van der Waals surface area contributed by atoms with Crippen molar-refractivity contribution < 1.29 is 9.53 Å². The zero-order chi connectivity index (χ0) is 13.0. The monoisotopic (exact) mass is 245 g/mol. The smallest absolute Gasteiger partial charge is 0.253 e. The first kappa shape index (κ1) is 12.3. The molecular weight excluding hydrogens is 230 g/mol. The zero-order valence-electron chi connectivity index (χ0n) is 10.3. The number of aromatic nitrogens is 2. The summed E-state index contributed by atoms with van der Waals surface area (Å²) in [5.41, 5.74) is 2.70. The summed E-state index contributed by atoms with van der Waals surface area (Å²) in [6.45, 7) is 1.70. The lowest BCUT2D eigenvalue weighted by molar-refractivity contribution is -0.124. The summed E-state index contributed by atoms with van der Waals surface area (Å²) in [6.07, 6.45) is 2.92. The van der Waals surface area contributed by atoms with E-state index in [1.54, 1.807) is 19.4 Å². The predicted octanol–water partition coefficient (Wildman–Crippen LogP) is 2.05. The molecule has 0 spiro atoms. The van der Waals surface area contributed by atoms with Gasteiger partial charge < -0.3 is 15.0 Å². The van der Waals surface area contributed by atoms with Crippen molar-refractivity contribution in [2.75, 3.05) is 12.4 Å². The molecule has 1 heterocycles. The second-order valence-corrected chi connectivity index (χ2v) is 3.91. The summed E-state index contributed by atoms with van der Waals surface area (Å²) in [5.74, 6) is -0.160. The van der Waals surface area contributed by atoms with Gasteiger partial charge in [-0.3, -0.25) is 4.79 Å². The van der Waals surface area contributed by atoms with Crippen molar-refractivity contribution in [3.8, 4) is 11.3 Å². The first-order chi connectivity index (χ1) is 8.70. The fourth-order valence-corrected chi connectivity index (χ4v) is 1.50. The normalized spacial score (nSPS) is 12.1. The molecule has 0 saturated heterocycles. The molecule has 5 heteroatoms. The number of hydrogen-bond donors (Lipinski definition) is 2. The lowest BCUT2D eigenvalue weighted by Crippen LogP contribution is -2.26. The van der Waals surface area contributed by atoms with Gasteiger partial charge in [-0.1, -0.05) is 12.1 Å². The van der Waals surface area contributed by atoms with Crippen molar-refractivity contribution in [1.82, 2.24) is 9.97 Å². The van der Waals surface area contributed by atoms with Crippen LogP contribution in [0.25, 0.3) is 11.3 Å². The van der Waals surface area contributed by atoms with Crippen molar-refractivity contribution in [2.24, 2.45) is 0 Å². The molecule has 1 unspecified atom stereocenters. The average Bonchev–Trinajstić information content (AvgIpc) is 2.92. The highest BCUT2D eigenvalue weighted by Crippen LogP contribution is 2.18. The van der Waals surface area contributed by atoms with Crippen molar-refractivity contribution >= 4 is 11.6 Å². The number of hydrogen-bond acceptors (Lipinski definition) is 3. The van der Waals surface area contributed by atoms with E-state index in [2.05, 4.69) is 15.3 Å². The molecule has 2 rings (SSSR count). The van der Waals surface area contributed by atoms with Crippen molar-refractivity contribution in [1.29, 1.82) is 0 Å². The molecule has 0 aliphatic carbocycles. The molecular formula is C13H15N3O2. The Labute approximate surface area is 105 Å². The van der Waals surface area contributed by atoms with Crippen LogP contribution in [0.2, 0.25) is 0 Å². The number of imidazole rings is 1. The standard InChI is InChI=1S/C13H15N3O2/c1-9(18-2)13(17)16-11-5-3-10(4-6-11)12-7-14-8-15-12/h3-9H,1-2H3,(H,14,15)(H,16,17). The van der Waals surface area contributed by atoms with Crippen LogP contribution < -0.4 is 5.32 Å². The lowest BCUT2D eigenvalue weighted by atomic mass is 10.1. The van der Waals surface area contributed by atoms with Gasteiger partial charge in [0.25, 0.3) is 5.91 Å². The molecule has 18 heavy (non-hydrogen) atoms. The Balaban J connectivity index is 2.06. The van der Waals surface area contributed by atoms with Gasteiger partial charge in [-0.05, 0) is 24.6 Å². The number of rotatable bonds is 4. The van der Waals surface area contributed by atoms with Crippen LogP contribution in [0.4, 0.5) is 5.69 Å².